The van der Waals surface area contributed by atoms with E-state index in [4.69, 9.17) is 9.47 Å². The first-order valence-corrected chi connectivity index (χ1v) is 13.9. The topological polar surface area (TPSA) is 101 Å². The normalized spacial score (nSPS) is 16.0. The van der Waals surface area contributed by atoms with Crippen molar-refractivity contribution >= 4 is 26.9 Å². The number of ether oxygens (including phenoxy) is 2. The summed E-state index contributed by atoms with van der Waals surface area (Å²) in [6, 6.07) is 15.5. The van der Waals surface area contributed by atoms with E-state index in [2.05, 4.69) is 21.5 Å². The number of sulfonamides is 1. The third kappa shape index (κ3) is 6.64. The van der Waals surface area contributed by atoms with Crippen LogP contribution in [0.3, 0.4) is 0 Å². The van der Waals surface area contributed by atoms with Gasteiger partial charge in [-0.1, -0.05) is 25.1 Å². The fourth-order valence-corrected chi connectivity index (χ4v) is 5.59. The zero-order chi connectivity index (χ0) is 26.4. The largest absolute Gasteiger partial charge is 0.489 e. The number of hydrogen-bond acceptors (Lipinski definition) is 8. The van der Waals surface area contributed by atoms with Crippen LogP contribution in [-0.4, -0.2) is 81.6 Å². The average Bonchev–Trinajstić information content (AvgIpc) is 2.92. The second kappa shape index (κ2) is 12.0. The third-order valence-corrected chi connectivity index (χ3v) is 8.13. The van der Waals surface area contributed by atoms with Gasteiger partial charge in [-0.3, -0.25) is 14.7 Å². The van der Waals surface area contributed by atoms with Crippen molar-refractivity contribution in [1.29, 1.82) is 0 Å². The fraction of sp³-hybridized carbons (Fsp3) is 0.407. The minimum absolute atomic E-state index is 0.0617. The Hall–Kier alpha value is -3.05. The zero-order valence-corrected chi connectivity index (χ0v) is 22.3. The van der Waals surface area contributed by atoms with E-state index in [9.17, 15) is 13.2 Å². The number of para-hydroxylation sites is 1. The number of carbonyl (C=O) groups is 1. The van der Waals surface area contributed by atoms with Crippen LogP contribution in [0.5, 0.6) is 5.75 Å². The molecule has 0 bridgehead atoms. The summed E-state index contributed by atoms with van der Waals surface area (Å²) in [6.45, 7) is 8.26. The molecule has 1 aliphatic heterocycles. The van der Waals surface area contributed by atoms with Gasteiger partial charge < -0.3 is 14.4 Å². The summed E-state index contributed by atoms with van der Waals surface area (Å²) in [7, 11) is -2.51. The third-order valence-electron chi connectivity index (χ3n) is 6.69. The van der Waals surface area contributed by atoms with Crippen LogP contribution >= 0.6 is 0 Å². The van der Waals surface area contributed by atoms with E-state index < -0.39 is 22.0 Å². The van der Waals surface area contributed by atoms with E-state index in [1.165, 1.54) is 19.2 Å². The molecule has 0 saturated carbocycles. The molecule has 0 spiro atoms. The zero-order valence-electron chi connectivity index (χ0n) is 21.5. The lowest BCUT2D eigenvalue weighted by atomic mass is 10.1. The summed E-state index contributed by atoms with van der Waals surface area (Å²) in [5.74, 6) is 0.106. The molecule has 1 N–H and O–H groups in total. The Bertz CT molecular complexity index is 1320. The van der Waals surface area contributed by atoms with Crippen molar-refractivity contribution in [2.24, 2.45) is 0 Å². The number of esters is 1. The molecule has 3 aromatic rings. The highest BCUT2D eigenvalue weighted by Crippen LogP contribution is 2.22. The van der Waals surface area contributed by atoms with Crippen molar-refractivity contribution in [2.75, 3.05) is 46.4 Å². The SMILES string of the molecule is CCN1CCN(C(CNS(=O)(=O)c2ccc(OCc3cc(C)nc4ccccc34)cc2)C(=O)OC)CC1. The molecule has 1 fully saturated rings. The number of aromatic nitrogens is 1. The van der Waals surface area contributed by atoms with Crippen LogP contribution in [0.2, 0.25) is 0 Å². The molecule has 9 nitrogen and oxygen atoms in total. The van der Waals surface area contributed by atoms with Crippen LogP contribution in [0.4, 0.5) is 0 Å². The molecule has 0 radical (unpaired) electrons. The first kappa shape index (κ1) is 27.0. The Morgan fingerprint density at radius 1 is 1.08 bits per heavy atom. The van der Waals surface area contributed by atoms with Gasteiger partial charge in [0, 0.05) is 49.4 Å². The molecule has 198 valence electrons. The highest BCUT2D eigenvalue weighted by atomic mass is 32.2. The van der Waals surface area contributed by atoms with Gasteiger partial charge in [-0.05, 0) is 49.9 Å². The van der Waals surface area contributed by atoms with Crippen LogP contribution < -0.4 is 9.46 Å². The average molecular weight is 527 g/mol. The number of carbonyl (C=O) groups excluding carboxylic acids is 1. The van der Waals surface area contributed by atoms with E-state index in [1.54, 1.807) is 12.1 Å². The first-order valence-electron chi connectivity index (χ1n) is 12.4. The summed E-state index contributed by atoms with van der Waals surface area (Å²) in [4.78, 5) is 21.3. The second-order valence-electron chi connectivity index (χ2n) is 9.06. The molecule has 1 aromatic heterocycles. The predicted molar refractivity (Wildman–Crippen MR) is 142 cm³/mol. The van der Waals surface area contributed by atoms with Crippen molar-refractivity contribution < 1.29 is 22.7 Å². The first-order chi connectivity index (χ1) is 17.8. The number of fused-ring (bicyclic) bond motifs is 1. The summed E-state index contributed by atoms with van der Waals surface area (Å²) in [5, 5.41) is 1.02. The lowest BCUT2D eigenvalue weighted by molar-refractivity contribution is -0.147. The number of pyridine rings is 1. The Labute approximate surface area is 218 Å². The number of nitrogens with zero attached hydrogens (tertiary/aromatic N) is 3. The molecular formula is C27H34N4O5S. The molecular weight excluding hydrogens is 492 g/mol. The van der Waals surface area contributed by atoms with Crippen LogP contribution in [0.1, 0.15) is 18.2 Å². The van der Waals surface area contributed by atoms with E-state index in [-0.39, 0.29) is 11.4 Å². The number of likely N-dealkylation sites (N-methyl/N-ethyl adjacent to an activating group) is 1. The smallest absolute Gasteiger partial charge is 0.324 e. The predicted octanol–water partition coefficient (Wildman–Crippen LogP) is 2.58. The molecule has 1 aliphatic rings. The van der Waals surface area contributed by atoms with Gasteiger partial charge in [0.05, 0.1) is 17.5 Å². The fourth-order valence-electron chi connectivity index (χ4n) is 4.55. The van der Waals surface area contributed by atoms with Gasteiger partial charge in [-0.15, -0.1) is 0 Å². The van der Waals surface area contributed by atoms with E-state index in [0.29, 0.717) is 25.4 Å². The van der Waals surface area contributed by atoms with Gasteiger partial charge in [0.2, 0.25) is 10.0 Å². The lowest BCUT2D eigenvalue weighted by Crippen LogP contribution is -2.56. The molecule has 1 unspecified atom stereocenters. The van der Waals surface area contributed by atoms with Crippen LogP contribution in [0.15, 0.2) is 59.5 Å². The van der Waals surface area contributed by atoms with Gasteiger partial charge in [-0.25, -0.2) is 13.1 Å². The summed E-state index contributed by atoms with van der Waals surface area (Å²) < 4.78 is 39.4. The number of rotatable bonds is 10. The van der Waals surface area contributed by atoms with Gasteiger partial charge in [0.15, 0.2) is 0 Å². The number of methoxy groups -OCH3 is 1. The quantitative estimate of drug-likeness (QED) is 0.403. The molecule has 2 heterocycles. The van der Waals surface area contributed by atoms with Gasteiger partial charge in [0.25, 0.3) is 0 Å². The maximum atomic E-state index is 13.0. The molecule has 4 rings (SSSR count). The molecule has 0 amide bonds. The van der Waals surface area contributed by atoms with E-state index >= 15 is 0 Å². The Morgan fingerprint density at radius 2 is 1.78 bits per heavy atom. The van der Waals surface area contributed by atoms with Gasteiger partial charge in [-0.2, -0.15) is 0 Å². The minimum atomic E-state index is -3.83. The Morgan fingerprint density at radius 3 is 2.46 bits per heavy atom. The van der Waals surface area contributed by atoms with Crippen molar-refractivity contribution in [3.8, 4) is 5.75 Å². The number of hydrogen-bond donors (Lipinski definition) is 1. The maximum Gasteiger partial charge on any atom is 0.324 e. The van der Waals surface area contributed by atoms with Gasteiger partial charge >= 0.3 is 5.97 Å². The molecule has 2 aromatic carbocycles. The molecule has 1 saturated heterocycles. The molecule has 1 atom stereocenters. The van der Waals surface area contributed by atoms with Crippen LogP contribution in [0, 0.1) is 6.92 Å². The standard InChI is InChI=1S/C27H34N4O5S/c1-4-30-13-15-31(16-14-30)26(27(32)35-3)18-28-37(33,34)23-11-9-22(10-12-23)36-19-21-17-20(2)29-25-8-6-5-7-24(21)25/h5-12,17,26,28H,4,13-16,18-19H2,1-3H3. The van der Waals surface area contributed by atoms with Crippen molar-refractivity contribution in [2.45, 2.75) is 31.4 Å². The summed E-state index contributed by atoms with van der Waals surface area (Å²) >= 11 is 0. The lowest BCUT2D eigenvalue weighted by Gasteiger charge is -2.37. The molecule has 10 heteroatoms. The minimum Gasteiger partial charge on any atom is -0.489 e. The number of benzene rings is 2. The number of piperazine rings is 1. The number of aryl methyl sites for hydroxylation is 1. The van der Waals surface area contributed by atoms with Crippen LogP contribution in [-0.2, 0) is 26.2 Å². The van der Waals surface area contributed by atoms with Crippen molar-refractivity contribution in [3.05, 3.63) is 65.9 Å². The van der Waals surface area contributed by atoms with Crippen molar-refractivity contribution in [1.82, 2.24) is 19.5 Å². The Kier molecular flexibility index (Phi) is 8.75. The number of nitrogens with one attached hydrogen (secondary N) is 1. The van der Waals surface area contributed by atoms with Crippen molar-refractivity contribution in [3.63, 3.8) is 0 Å². The molecule has 37 heavy (non-hydrogen) atoms. The maximum absolute atomic E-state index is 13.0. The highest BCUT2D eigenvalue weighted by molar-refractivity contribution is 7.89. The van der Waals surface area contributed by atoms with E-state index in [1.807, 2.05) is 42.2 Å². The summed E-state index contributed by atoms with van der Waals surface area (Å²) in [6.07, 6.45) is 0. The monoisotopic (exact) mass is 526 g/mol. The molecule has 0 aliphatic carbocycles. The van der Waals surface area contributed by atoms with Gasteiger partial charge in [0.1, 0.15) is 18.4 Å². The Balaban J connectivity index is 1.39. The van der Waals surface area contributed by atoms with E-state index in [0.717, 1.165) is 41.8 Å². The summed E-state index contributed by atoms with van der Waals surface area (Å²) in [5.41, 5.74) is 2.82. The van der Waals surface area contributed by atoms with Crippen LogP contribution in [0.25, 0.3) is 10.9 Å². The second-order valence-corrected chi connectivity index (χ2v) is 10.8. The highest BCUT2D eigenvalue weighted by Gasteiger charge is 2.31.